The van der Waals surface area contributed by atoms with Gasteiger partial charge in [-0.2, -0.15) is 5.10 Å². The number of rotatable bonds is 6. The Hall–Kier alpha value is -3.32. The number of benzene rings is 3. The van der Waals surface area contributed by atoms with Crippen LogP contribution in [-0.4, -0.2) is 26.1 Å². The molecule has 0 N–H and O–H groups in total. The minimum Gasteiger partial charge on any atom is -0.360 e. The number of fused-ring (bicyclic) bond motifs is 1. The molecule has 7 heteroatoms. The van der Waals surface area contributed by atoms with Gasteiger partial charge in [0.25, 0.3) is 0 Å². The maximum atomic E-state index is 13.0. The molecular weight excluding hydrogens is 526 g/mol. The number of aromatic nitrogens is 3. The average molecular weight is 558 g/mol. The van der Waals surface area contributed by atoms with E-state index in [-0.39, 0.29) is 5.78 Å². The van der Waals surface area contributed by atoms with E-state index in [1.165, 1.54) is 0 Å². The third-order valence-corrected chi connectivity index (χ3v) is 7.90. The van der Waals surface area contributed by atoms with Crippen LogP contribution >= 0.6 is 22.9 Å². The number of carbonyl (C=O) groups is 1. The van der Waals surface area contributed by atoms with Crippen molar-refractivity contribution < 1.29 is 9.53 Å². The number of nitrogens with zero attached hydrogens (tertiary/aromatic N) is 3. The van der Waals surface area contributed by atoms with Crippen LogP contribution in [0.5, 0.6) is 0 Å². The molecule has 0 spiro atoms. The van der Waals surface area contributed by atoms with Gasteiger partial charge in [-0.3, -0.25) is 4.79 Å². The van der Waals surface area contributed by atoms with E-state index in [2.05, 4.69) is 42.4 Å². The summed E-state index contributed by atoms with van der Waals surface area (Å²) in [6, 6.07) is 20.2. The second-order valence-electron chi connectivity index (χ2n) is 11.0. The van der Waals surface area contributed by atoms with Crippen molar-refractivity contribution >= 4 is 38.9 Å². The first-order valence-electron chi connectivity index (χ1n) is 12.9. The van der Waals surface area contributed by atoms with E-state index >= 15 is 0 Å². The zero-order valence-corrected chi connectivity index (χ0v) is 24.9. The van der Waals surface area contributed by atoms with E-state index in [1.807, 2.05) is 69.6 Å². The molecule has 0 aliphatic rings. The average Bonchev–Trinajstić information content (AvgIpc) is 3.44. The zero-order chi connectivity index (χ0) is 28.1. The molecule has 5 nitrogen and oxygen atoms in total. The maximum Gasteiger partial charge on any atom is 0.163 e. The molecular formula is C32H32ClN3O2S. The molecule has 0 saturated heterocycles. The fourth-order valence-electron chi connectivity index (χ4n) is 4.94. The summed E-state index contributed by atoms with van der Waals surface area (Å²) in [5, 5.41) is 6.21. The predicted molar refractivity (Wildman–Crippen MR) is 161 cm³/mol. The van der Waals surface area contributed by atoms with Gasteiger partial charge in [-0.25, -0.2) is 9.67 Å². The van der Waals surface area contributed by atoms with E-state index in [0.717, 1.165) is 60.1 Å². The number of aryl methyl sites for hydroxylation is 3. The Morgan fingerprint density at radius 1 is 1.00 bits per heavy atom. The summed E-state index contributed by atoms with van der Waals surface area (Å²) in [4.78, 5) is 18.1. The number of thiazole rings is 1. The first-order valence-corrected chi connectivity index (χ1v) is 14.1. The minimum absolute atomic E-state index is 0.0371. The van der Waals surface area contributed by atoms with E-state index in [1.54, 1.807) is 18.3 Å². The number of hydrogen-bond donors (Lipinski definition) is 0. The molecule has 0 radical (unpaired) electrons. The standard InChI is InChI=1S/C32H32ClN3O2S/c1-18-15-26-30(39-31(34-26)23-9-8-10-25(17-23)36-20(3)16-19(2)35-36)28(22-11-13-24(33)14-12-22)27(18)29(21(4)37)38-32(5,6)7/h8-17,29H,1-7H3/t29-/m1/s1. The third-order valence-electron chi connectivity index (χ3n) is 6.51. The Balaban J connectivity index is 1.74. The monoisotopic (exact) mass is 557 g/mol. The Bertz CT molecular complexity index is 1690. The highest BCUT2D eigenvalue weighted by atomic mass is 35.5. The third kappa shape index (κ3) is 5.55. The van der Waals surface area contributed by atoms with Gasteiger partial charge in [0, 0.05) is 27.4 Å². The van der Waals surface area contributed by atoms with Crippen LogP contribution in [0.3, 0.4) is 0 Å². The van der Waals surface area contributed by atoms with E-state index < -0.39 is 11.7 Å². The van der Waals surface area contributed by atoms with Gasteiger partial charge in [0.1, 0.15) is 11.1 Å². The van der Waals surface area contributed by atoms with E-state index in [9.17, 15) is 4.79 Å². The van der Waals surface area contributed by atoms with Gasteiger partial charge >= 0.3 is 0 Å². The normalized spacial score (nSPS) is 12.7. The van der Waals surface area contributed by atoms with Gasteiger partial charge in [-0.05, 0) is 96.0 Å². The number of hydrogen-bond acceptors (Lipinski definition) is 5. The molecule has 2 aromatic heterocycles. The molecule has 39 heavy (non-hydrogen) atoms. The van der Waals surface area contributed by atoms with Crippen molar-refractivity contribution in [2.75, 3.05) is 0 Å². The highest BCUT2D eigenvalue weighted by Gasteiger charge is 2.30. The van der Waals surface area contributed by atoms with Crippen LogP contribution in [0.2, 0.25) is 5.02 Å². The lowest BCUT2D eigenvalue weighted by atomic mass is 9.90. The predicted octanol–water partition coefficient (Wildman–Crippen LogP) is 8.84. The summed E-state index contributed by atoms with van der Waals surface area (Å²) in [5.41, 5.74) is 8.21. The van der Waals surface area contributed by atoms with Crippen LogP contribution in [0, 0.1) is 20.8 Å². The van der Waals surface area contributed by atoms with Gasteiger partial charge in [-0.15, -0.1) is 11.3 Å². The summed E-state index contributed by atoms with van der Waals surface area (Å²) >= 11 is 7.87. The summed E-state index contributed by atoms with van der Waals surface area (Å²) in [6.45, 7) is 13.6. The van der Waals surface area contributed by atoms with Crippen molar-refractivity contribution in [2.45, 2.75) is 60.2 Å². The second-order valence-corrected chi connectivity index (χ2v) is 12.4. The Morgan fingerprint density at radius 3 is 2.33 bits per heavy atom. The molecule has 0 saturated carbocycles. The van der Waals surface area contributed by atoms with E-state index in [0.29, 0.717) is 5.02 Å². The van der Waals surface area contributed by atoms with Crippen molar-refractivity contribution in [1.82, 2.24) is 14.8 Å². The second kappa shape index (κ2) is 10.3. The Labute approximate surface area is 238 Å². The van der Waals surface area contributed by atoms with Crippen molar-refractivity contribution in [3.8, 4) is 27.4 Å². The number of ether oxygens (including phenoxy) is 1. The summed E-state index contributed by atoms with van der Waals surface area (Å²) in [7, 11) is 0. The number of ketones is 1. The van der Waals surface area contributed by atoms with Crippen LogP contribution in [0.1, 0.15) is 56.3 Å². The Kier molecular flexibility index (Phi) is 7.23. The molecule has 1 atom stereocenters. The zero-order valence-electron chi connectivity index (χ0n) is 23.3. The molecule has 3 aromatic carbocycles. The lowest BCUT2D eigenvalue weighted by Gasteiger charge is -2.29. The maximum absolute atomic E-state index is 13.0. The number of halogens is 1. The lowest BCUT2D eigenvalue weighted by molar-refractivity contribution is -0.138. The molecule has 5 aromatic rings. The molecule has 0 fully saturated rings. The summed E-state index contributed by atoms with van der Waals surface area (Å²) in [5.74, 6) is -0.0371. The molecule has 0 aliphatic heterocycles. The SMILES string of the molecule is CC(=O)[C@@H](OC(C)(C)C)c1c(C)cc2nc(-c3cccc(-n4nc(C)cc4C)c3)sc2c1-c1ccc(Cl)cc1. The number of carbonyl (C=O) groups excluding carboxylic acids is 1. The van der Waals surface area contributed by atoms with Gasteiger partial charge < -0.3 is 4.74 Å². The van der Waals surface area contributed by atoms with Crippen LogP contribution in [-0.2, 0) is 9.53 Å². The first-order chi connectivity index (χ1) is 18.4. The molecule has 0 aliphatic carbocycles. The Morgan fingerprint density at radius 2 is 1.72 bits per heavy atom. The fourth-order valence-corrected chi connectivity index (χ4v) is 6.18. The molecule has 2 heterocycles. The van der Waals surface area contributed by atoms with Gasteiger partial charge in [0.15, 0.2) is 5.78 Å². The van der Waals surface area contributed by atoms with Crippen molar-refractivity contribution in [3.05, 3.63) is 88.2 Å². The molecule has 0 bridgehead atoms. The van der Waals surface area contributed by atoms with Crippen molar-refractivity contribution in [1.29, 1.82) is 0 Å². The number of Topliss-reactive ketones (excluding diaryl/α,β-unsaturated/α-hetero) is 1. The van der Waals surface area contributed by atoms with Crippen molar-refractivity contribution in [2.24, 2.45) is 0 Å². The molecule has 0 amide bonds. The molecule has 0 unspecified atom stereocenters. The minimum atomic E-state index is -0.708. The van der Waals surface area contributed by atoms with Crippen LogP contribution < -0.4 is 0 Å². The van der Waals surface area contributed by atoms with Crippen LogP contribution in [0.4, 0.5) is 0 Å². The highest BCUT2D eigenvalue weighted by Crippen LogP contribution is 2.44. The highest BCUT2D eigenvalue weighted by molar-refractivity contribution is 7.22. The van der Waals surface area contributed by atoms with Crippen LogP contribution in [0.25, 0.3) is 37.6 Å². The first kappa shape index (κ1) is 27.3. The topological polar surface area (TPSA) is 57.0 Å². The van der Waals surface area contributed by atoms with Gasteiger partial charge in [-0.1, -0.05) is 35.9 Å². The van der Waals surface area contributed by atoms with Gasteiger partial charge in [0.2, 0.25) is 0 Å². The van der Waals surface area contributed by atoms with Crippen molar-refractivity contribution in [3.63, 3.8) is 0 Å². The fraction of sp³-hybridized carbons (Fsp3) is 0.281. The van der Waals surface area contributed by atoms with E-state index in [4.69, 9.17) is 21.3 Å². The smallest absolute Gasteiger partial charge is 0.163 e. The largest absolute Gasteiger partial charge is 0.360 e. The quantitative estimate of drug-likeness (QED) is 0.209. The lowest BCUT2D eigenvalue weighted by Crippen LogP contribution is -2.27. The van der Waals surface area contributed by atoms with Gasteiger partial charge in [0.05, 0.1) is 27.2 Å². The summed E-state index contributed by atoms with van der Waals surface area (Å²) < 4.78 is 9.33. The summed E-state index contributed by atoms with van der Waals surface area (Å²) in [6.07, 6.45) is -0.708. The molecule has 5 rings (SSSR count). The van der Waals surface area contributed by atoms with Crippen LogP contribution in [0.15, 0.2) is 60.7 Å². The molecule has 200 valence electrons.